The molecule has 0 saturated heterocycles. The maximum absolute atomic E-state index is 11.9. The molecule has 0 bridgehead atoms. The number of Topliss-reactive ketones (excluding diaryl/α,β-unsaturated/α-hetero) is 1. The third-order valence-electron chi connectivity index (χ3n) is 2.42. The lowest BCUT2D eigenvalue weighted by atomic mass is 9.96. The minimum absolute atomic E-state index is 0.0712. The lowest BCUT2D eigenvalue weighted by Gasteiger charge is -2.09. The maximum Gasteiger partial charge on any atom is 0.306 e. The quantitative estimate of drug-likeness (QED) is 0.481. The molecular formula is C13H17NO3. The molecule has 1 rings (SSSR count). The zero-order valence-electron chi connectivity index (χ0n) is 10.1. The minimum Gasteiger partial charge on any atom is -0.466 e. The average molecular weight is 235 g/mol. The highest BCUT2D eigenvalue weighted by molar-refractivity contribution is 5.99. The standard InChI is InChI=1S/C13H17NO3/c1-3-17-12(15)8-9(2)13(16)10-4-6-11(14)7-5-10/h4-7,9H,3,8,14H2,1-2H3. The van der Waals surface area contributed by atoms with Crippen LogP contribution in [-0.4, -0.2) is 18.4 Å². The Morgan fingerprint density at radius 1 is 1.29 bits per heavy atom. The molecule has 1 atom stereocenters. The number of rotatable bonds is 5. The fourth-order valence-electron chi connectivity index (χ4n) is 1.49. The third-order valence-corrected chi connectivity index (χ3v) is 2.42. The Labute approximate surface area is 101 Å². The Bertz CT molecular complexity index is 398. The Balaban J connectivity index is 2.63. The Morgan fingerprint density at radius 2 is 1.88 bits per heavy atom. The number of esters is 1. The molecule has 0 aliphatic rings. The lowest BCUT2D eigenvalue weighted by Crippen LogP contribution is -2.17. The van der Waals surface area contributed by atoms with Crippen molar-refractivity contribution >= 4 is 17.4 Å². The van der Waals surface area contributed by atoms with Crippen molar-refractivity contribution in [2.24, 2.45) is 5.92 Å². The molecule has 0 aliphatic carbocycles. The minimum atomic E-state index is -0.377. The van der Waals surface area contributed by atoms with E-state index in [0.29, 0.717) is 17.9 Å². The van der Waals surface area contributed by atoms with Gasteiger partial charge in [-0.2, -0.15) is 0 Å². The van der Waals surface area contributed by atoms with Crippen LogP contribution in [0.15, 0.2) is 24.3 Å². The van der Waals surface area contributed by atoms with Gasteiger partial charge in [-0.3, -0.25) is 9.59 Å². The molecule has 2 N–H and O–H groups in total. The van der Waals surface area contributed by atoms with Crippen LogP contribution in [-0.2, 0) is 9.53 Å². The molecule has 4 heteroatoms. The van der Waals surface area contributed by atoms with Crippen LogP contribution >= 0.6 is 0 Å². The van der Waals surface area contributed by atoms with E-state index in [-0.39, 0.29) is 24.1 Å². The molecule has 0 heterocycles. The van der Waals surface area contributed by atoms with Gasteiger partial charge in [0, 0.05) is 17.2 Å². The predicted octanol–water partition coefficient (Wildman–Crippen LogP) is 2.04. The van der Waals surface area contributed by atoms with E-state index >= 15 is 0 Å². The molecule has 17 heavy (non-hydrogen) atoms. The summed E-state index contributed by atoms with van der Waals surface area (Å²) in [6.07, 6.45) is 0.108. The number of hydrogen-bond acceptors (Lipinski definition) is 4. The van der Waals surface area contributed by atoms with Gasteiger partial charge in [0.1, 0.15) is 0 Å². The van der Waals surface area contributed by atoms with Crippen LogP contribution in [0.3, 0.4) is 0 Å². The highest BCUT2D eigenvalue weighted by atomic mass is 16.5. The number of nitrogens with two attached hydrogens (primary N) is 1. The van der Waals surface area contributed by atoms with E-state index in [2.05, 4.69) is 0 Å². The SMILES string of the molecule is CCOC(=O)CC(C)C(=O)c1ccc(N)cc1. The van der Waals surface area contributed by atoms with E-state index in [4.69, 9.17) is 10.5 Å². The summed E-state index contributed by atoms with van der Waals surface area (Å²) in [5.41, 5.74) is 6.71. The summed E-state index contributed by atoms with van der Waals surface area (Å²) in [6, 6.07) is 6.67. The second-order valence-electron chi connectivity index (χ2n) is 3.90. The van der Waals surface area contributed by atoms with E-state index in [1.165, 1.54) is 0 Å². The van der Waals surface area contributed by atoms with Crippen molar-refractivity contribution in [2.45, 2.75) is 20.3 Å². The van der Waals surface area contributed by atoms with Gasteiger partial charge in [0.2, 0.25) is 0 Å². The first-order chi connectivity index (χ1) is 8.04. The summed E-state index contributed by atoms with van der Waals surface area (Å²) in [6.45, 7) is 3.79. The molecule has 0 fully saturated rings. The summed E-state index contributed by atoms with van der Waals surface area (Å²) in [5, 5.41) is 0. The number of carbonyl (C=O) groups excluding carboxylic acids is 2. The Kier molecular flexibility index (Phi) is 4.69. The van der Waals surface area contributed by atoms with E-state index in [9.17, 15) is 9.59 Å². The molecule has 1 aromatic carbocycles. The zero-order valence-corrected chi connectivity index (χ0v) is 10.1. The van der Waals surface area contributed by atoms with Gasteiger partial charge >= 0.3 is 5.97 Å². The lowest BCUT2D eigenvalue weighted by molar-refractivity contribution is -0.143. The van der Waals surface area contributed by atoms with Crippen molar-refractivity contribution in [1.29, 1.82) is 0 Å². The first-order valence-electron chi connectivity index (χ1n) is 5.60. The molecule has 4 nitrogen and oxygen atoms in total. The molecule has 0 saturated carbocycles. The summed E-state index contributed by atoms with van der Waals surface area (Å²) < 4.78 is 4.81. The molecule has 1 unspecified atom stereocenters. The monoisotopic (exact) mass is 235 g/mol. The van der Waals surface area contributed by atoms with E-state index in [0.717, 1.165) is 0 Å². The fraction of sp³-hybridized carbons (Fsp3) is 0.385. The average Bonchev–Trinajstić information content (AvgIpc) is 2.29. The molecule has 0 aromatic heterocycles. The zero-order chi connectivity index (χ0) is 12.8. The molecule has 0 spiro atoms. The fourth-order valence-corrected chi connectivity index (χ4v) is 1.49. The summed E-state index contributed by atoms with van der Waals surface area (Å²) in [5.74, 6) is -0.792. The van der Waals surface area contributed by atoms with Crippen LogP contribution in [0, 0.1) is 5.92 Å². The number of carbonyl (C=O) groups is 2. The molecule has 92 valence electrons. The normalized spacial score (nSPS) is 11.9. The summed E-state index contributed by atoms with van der Waals surface area (Å²) in [7, 11) is 0. The van der Waals surface area contributed by atoms with E-state index in [1.807, 2.05) is 0 Å². The van der Waals surface area contributed by atoms with Crippen LogP contribution in [0.25, 0.3) is 0 Å². The van der Waals surface area contributed by atoms with Crippen molar-refractivity contribution in [2.75, 3.05) is 12.3 Å². The van der Waals surface area contributed by atoms with Gasteiger partial charge in [-0.25, -0.2) is 0 Å². The van der Waals surface area contributed by atoms with Gasteiger partial charge in [0.25, 0.3) is 0 Å². The highest BCUT2D eigenvalue weighted by Crippen LogP contribution is 2.14. The molecular weight excluding hydrogens is 218 g/mol. The number of benzene rings is 1. The van der Waals surface area contributed by atoms with Crippen molar-refractivity contribution in [3.05, 3.63) is 29.8 Å². The third kappa shape index (κ3) is 3.90. The van der Waals surface area contributed by atoms with Gasteiger partial charge in [-0.05, 0) is 31.2 Å². The van der Waals surface area contributed by atoms with Crippen molar-refractivity contribution in [3.63, 3.8) is 0 Å². The molecule has 1 aromatic rings. The first kappa shape index (κ1) is 13.2. The highest BCUT2D eigenvalue weighted by Gasteiger charge is 2.19. The topological polar surface area (TPSA) is 69.4 Å². The van der Waals surface area contributed by atoms with Gasteiger partial charge in [-0.15, -0.1) is 0 Å². The number of ketones is 1. The number of hydrogen-bond donors (Lipinski definition) is 1. The van der Waals surface area contributed by atoms with Gasteiger partial charge in [-0.1, -0.05) is 6.92 Å². The summed E-state index contributed by atoms with van der Waals surface area (Å²) >= 11 is 0. The van der Waals surface area contributed by atoms with Gasteiger partial charge in [0.05, 0.1) is 13.0 Å². The Morgan fingerprint density at radius 3 is 2.41 bits per heavy atom. The summed E-state index contributed by atoms with van der Waals surface area (Å²) in [4.78, 5) is 23.2. The molecule has 0 aliphatic heterocycles. The smallest absolute Gasteiger partial charge is 0.306 e. The maximum atomic E-state index is 11.9. The second-order valence-corrected chi connectivity index (χ2v) is 3.90. The van der Waals surface area contributed by atoms with Crippen LogP contribution < -0.4 is 5.73 Å². The molecule has 0 amide bonds. The van der Waals surface area contributed by atoms with Gasteiger partial charge < -0.3 is 10.5 Å². The van der Waals surface area contributed by atoms with Crippen LogP contribution in [0.1, 0.15) is 30.6 Å². The number of ether oxygens (including phenoxy) is 1. The van der Waals surface area contributed by atoms with Gasteiger partial charge in [0.15, 0.2) is 5.78 Å². The van der Waals surface area contributed by atoms with Crippen molar-refractivity contribution in [1.82, 2.24) is 0 Å². The largest absolute Gasteiger partial charge is 0.466 e. The van der Waals surface area contributed by atoms with Crippen molar-refractivity contribution < 1.29 is 14.3 Å². The first-order valence-corrected chi connectivity index (χ1v) is 5.60. The van der Waals surface area contributed by atoms with Crippen molar-refractivity contribution in [3.8, 4) is 0 Å². The predicted molar refractivity (Wildman–Crippen MR) is 65.6 cm³/mol. The van der Waals surface area contributed by atoms with Crippen LogP contribution in [0.5, 0.6) is 0 Å². The van der Waals surface area contributed by atoms with E-state index in [1.54, 1.807) is 38.1 Å². The Hall–Kier alpha value is -1.84. The number of anilines is 1. The van der Waals surface area contributed by atoms with Crippen LogP contribution in [0.2, 0.25) is 0 Å². The van der Waals surface area contributed by atoms with E-state index < -0.39 is 0 Å². The second kappa shape index (κ2) is 6.03. The molecule has 0 radical (unpaired) electrons. The number of nitrogen functional groups attached to an aromatic ring is 1. The van der Waals surface area contributed by atoms with Crippen LogP contribution in [0.4, 0.5) is 5.69 Å².